The van der Waals surface area contributed by atoms with Crippen LogP contribution in [0.1, 0.15) is 36.5 Å². The Morgan fingerprint density at radius 3 is 2.14 bits per heavy atom. The number of unbranched alkanes of at least 4 members (excludes halogenated alkanes) is 1. The maximum Gasteiger partial charge on any atom is 0.264 e. The van der Waals surface area contributed by atoms with Crippen molar-refractivity contribution >= 4 is 27.5 Å². The van der Waals surface area contributed by atoms with Gasteiger partial charge in [-0.2, -0.15) is 0 Å². The Hall–Kier alpha value is -5.03. The molecule has 1 N–H and O–H groups in total. The van der Waals surface area contributed by atoms with Crippen molar-refractivity contribution in [1.29, 1.82) is 0 Å². The fourth-order valence-electron chi connectivity index (χ4n) is 5.37. The summed E-state index contributed by atoms with van der Waals surface area (Å²) in [5.41, 5.74) is 2.79. The number of rotatable bonds is 17. The molecule has 4 aromatic rings. The van der Waals surface area contributed by atoms with Crippen LogP contribution in [-0.2, 0) is 32.6 Å². The second-order valence-corrected chi connectivity index (χ2v) is 13.4. The third-order valence-electron chi connectivity index (χ3n) is 8.13. The Morgan fingerprint density at radius 1 is 0.796 bits per heavy atom. The molecule has 4 rings (SSSR count). The molecule has 0 saturated heterocycles. The summed E-state index contributed by atoms with van der Waals surface area (Å²) in [6, 6.07) is 26.9. The van der Waals surface area contributed by atoms with E-state index in [9.17, 15) is 18.0 Å². The smallest absolute Gasteiger partial charge is 0.264 e. The molecule has 1 atom stereocenters. The number of ether oxygens (including phenoxy) is 3. The zero-order chi connectivity index (χ0) is 35.4. The van der Waals surface area contributed by atoms with Gasteiger partial charge in [-0.1, -0.05) is 73.5 Å². The molecular weight excluding hydrogens is 642 g/mol. The van der Waals surface area contributed by atoms with Crippen molar-refractivity contribution < 1.29 is 32.2 Å². The molecule has 0 bridgehead atoms. The van der Waals surface area contributed by atoms with E-state index in [2.05, 4.69) is 5.32 Å². The van der Waals surface area contributed by atoms with Gasteiger partial charge in [0.1, 0.15) is 18.3 Å². The third-order valence-corrected chi connectivity index (χ3v) is 9.90. The second kappa shape index (κ2) is 17.4. The van der Waals surface area contributed by atoms with E-state index in [1.165, 1.54) is 37.3 Å². The lowest BCUT2D eigenvalue weighted by Crippen LogP contribution is -2.53. The molecule has 4 aromatic carbocycles. The first-order valence-electron chi connectivity index (χ1n) is 16.2. The van der Waals surface area contributed by atoms with Crippen LogP contribution in [0.25, 0.3) is 0 Å². The SMILES string of the molecule is CCCCNC(=O)C(Cc1ccccc1)N(Cc1cccc(OC)c1)C(=O)CN(c1ccc(C)cc1)S(=O)(=O)c1ccc(OC)c(OC)c1. The van der Waals surface area contributed by atoms with Gasteiger partial charge >= 0.3 is 0 Å². The summed E-state index contributed by atoms with van der Waals surface area (Å²) in [5.74, 6) is 0.304. The minimum Gasteiger partial charge on any atom is -0.497 e. The highest BCUT2D eigenvalue weighted by Crippen LogP contribution is 2.32. The summed E-state index contributed by atoms with van der Waals surface area (Å²) < 4.78 is 46.1. The number of carbonyl (C=O) groups excluding carboxylic acids is 2. The molecule has 1 unspecified atom stereocenters. The van der Waals surface area contributed by atoms with Crippen LogP contribution in [0.3, 0.4) is 0 Å². The van der Waals surface area contributed by atoms with E-state index < -0.39 is 28.5 Å². The van der Waals surface area contributed by atoms with Crippen molar-refractivity contribution in [2.75, 3.05) is 38.7 Å². The first-order valence-corrected chi connectivity index (χ1v) is 17.6. The van der Waals surface area contributed by atoms with Gasteiger partial charge in [0.2, 0.25) is 11.8 Å². The first-order chi connectivity index (χ1) is 23.6. The van der Waals surface area contributed by atoms with Crippen LogP contribution in [0.5, 0.6) is 17.2 Å². The normalized spacial score (nSPS) is 11.7. The van der Waals surface area contributed by atoms with Gasteiger partial charge in [-0.05, 0) is 60.9 Å². The van der Waals surface area contributed by atoms with Crippen molar-refractivity contribution in [3.8, 4) is 17.2 Å². The molecule has 0 aliphatic heterocycles. The van der Waals surface area contributed by atoms with Gasteiger partial charge in [0.15, 0.2) is 11.5 Å². The van der Waals surface area contributed by atoms with Gasteiger partial charge in [0.25, 0.3) is 10.0 Å². The fraction of sp³-hybridized carbons (Fsp3) is 0.316. The standard InChI is InChI=1S/C38H45N3O7S/c1-6-7-22-39-38(43)34(24-29-12-9-8-10-13-29)40(26-30-14-11-15-32(23-30)46-3)37(42)27-41(31-18-16-28(2)17-19-31)49(44,45)33-20-21-35(47-4)36(25-33)48-5/h8-21,23,25,34H,6-7,22,24,26-27H2,1-5H3,(H,39,43). The molecular formula is C38H45N3O7S. The largest absolute Gasteiger partial charge is 0.497 e. The molecule has 0 aliphatic carbocycles. The summed E-state index contributed by atoms with van der Waals surface area (Å²) >= 11 is 0. The van der Waals surface area contributed by atoms with Gasteiger partial charge in [0, 0.05) is 25.6 Å². The number of nitrogens with one attached hydrogen (secondary N) is 1. The van der Waals surface area contributed by atoms with Crippen LogP contribution in [0.2, 0.25) is 0 Å². The van der Waals surface area contributed by atoms with E-state index in [0.717, 1.165) is 33.8 Å². The number of nitrogens with zero attached hydrogens (tertiary/aromatic N) is 2. The molecule has 0 aliphatic rings. The average molecular weight is 688 g/mol. The number of sulfonamides is 1. The fourth-order valence-corrected chi connectivity index (χ4v) is 6.80. The topological polar surface area (TPSA) is 114 Å². The van der Waals surface area contributed by atoms with E-state index >= 15 is 0 Å². The summed E-state index contributed by atoms with van der Waals surface area (Å²) in [4.78, 5) is 30.0. The lowest BCUT2D eigenvalue weighted by molar-refractivity contribution is -0.140. The Kier molecular flexibility index (Phi) is 13.1. The van der Waals surface area contributed by atoms with Crippen molar-refractivity contribution in [3.63, 3.8) is 0 Å². The summed E-state index contributed by atoms with van der Waals surface area (Å²) in [6.45, 7) is 3.84. The number of hydrogen-bond donors (Lipinski definition) is 1. The maximum absolute atomic E-state index is 14.7. The number of hydrogen-bond acceptors (Lipinski definition) is 7. The molecule has 11 heteroatoms. The summed E-state index contributed by atoms with van der Waals surface area (Å²) in [6.07, 6.45) is 1.88. The van der Waals surface area contributed by atoms with Gasteiger partial charge in [0.05, 0.1) is 31.9 Å². The Morgan fingerprint density at radius 2 is 1.49 bits per heavy atom. The second-order valence-electron chi connectivity index (χ2n) is 11.6. The van der Waals surface area contributed by atoms with Crippen LogP contribution in [0, 0.1) is 6.92 Å². The molecule has 0 radical (unpaired) electrons. The van der Waals surface area contributed by atoms with E-state index in [-0.39, 0.29) is 29.5 Å². The molecule has 0 saturated carbocycles. The van der Waals surface area contributed by atoms with Gasteiger partial charge in [-0.3, -0.25) is 13.9 Å². The first kappa shape index (κ1) is 36.8. The van der Waals surface area contributed by atoms with Crippen LogP contribution >= 0.6 is 0 Å². The monoisotopic (exact) mass is 687 g/mol. The average Bonchev–Trinajstić information content (AvgIpc) is 3.12. The number of carbonyl (C=O) groups is 2. The number of amides is 2. The quantitative estimate of drug-likeness (QED) is 0.140. The van der Waals surface area contributed by atoms with Crippen molar-refractivity contribution in [1.82, 2.24) is 10.2 Å². The Bertz CT molecular complexity index is 1800. The lowest BCUT2D eigenvalue weighted by atomic mass is 10.0. The molecule has 10 nitrogen and oxygen atoms in total. The van der Waals surface area contributed by atoms with Crippen LogP contribution in [0.4, 0.5) is 5.69 Å². The number of benzene rings is 4. The minimum absolute atomic E-state index is 0.0346. The van der Waals surface area contributed by atoms with Crippen LogP contribution in [-0.4, -0.2) is 65.6 Å². The maximum atomic E-state index is 14.7. The molecule has 49 heavy (non-hydrogen) atoms. The highest BCUT2D eigenvalue weighted by molar-refractivity contribution is 7.92. The highest BCUT2D eigenvalue weighted by atomic mass is 32.2. The Labute approximate surface area is 289 Å². The molecule has 0 aromatic heterocycles. The van der Waals surface area contributed by atoms with Crippen molar-refractivity contribution in [2.45, 2.75) is 50.6 Å². The van der Waals surface area contributed by atoms with Crippen molar-refractivity contribution in [2.24, 2.45) is 0 Å². The number of aryl methyl sites for hydroxylation is 1. The number of methoxy groups -OCH3 is 3. The molecule has 260 valence electrons. The van der Waals surface area contributed by atoms with Gasteiger partial charge < -0.3 is 24.4 Å². The molecule has 2 amide bonds. The van der Waals surface area contributed by atoms with E-state index in [1.807, 2.05) is 56.3 Å². The van der Waals surface area contributed by atoms with Crippen molar-refractivity contribution in [3.05, 3.63) is 114 Å². The lowest BCUT2D eigenvalue weighted by Gasteiger charge is -2.34. The van der Waals surface area contributed by atoms with Gasteiger partial charge in [-0.15, -0.1) is 0 Å². The minimum atomic E-state index is -4.33. The predicted molar refractivity (Wildman–Crippen MR) is 191 cm³/mol. The zero-order valence-corrected chi connectivity index (χ0v) is 29.5. The van der Waals surface area contributed by atoms with E-state index in [4.69, 9.17) is 14.2 Å². The summed E-state index contributed by atoms with van der Waals surface area (Å²) in [7, 11) is 0.110. The molecule has 0 spiro atoms. The van der Waals surface area contributed by atoms with Crippen LogP contribution < -0.4 is 23.8 Å². The Balaban J connectivity index is 1.82. The van der Waals surface area contributed by atoms with E-state index in [1.54, 1.807) is 43.5 Å². The highest BCUT2D eigenvalue weighted by Gasteiger charge is 2.35. The van der Waals surface area contributed by atoms with Crippen LogP contribution in [0.15, 0.2) is 102 Å². The zero-order valence-electron chi connectivity index (χ0n) is 28.7. The number of anilines is 1. The van der Waals surface area contributed by atoms with E-state index in [0.29, 0.717) is 23.7 Å². The summed E-state index contributed by atoms with van der Waals surface area (Å²) in [5, 5.41) is 3.00. The third kappa shape index (κ3) is 9.54. The molecule has 0 fully saturated rings. The predicted octanol–water partition coefficient (Wildman–Crippen LogP) is 5.77. The van der Waals surface area contributed by atoms with Gasteiger partial charge in [-0.25, -0.2) is 8.42 Å². The molecule has 0 heterocycles.